The number of nitrogens with zero attached hydrogens (tertiary/aromatic N) is 2. The highest BCUT2D eigenvalue weighted by atomic mass is 32.1. The molecule has 112 valence electrons. The van der Waals surface area contributed by atoms with Crippen LogP contribution in [0.2, 0.25) is 0 Å². The molecule has 2 atom stereocenters. The van der Waals surface area contributed by atoms with Gasteiger partial charge in [0.15, 0.2) is 5.13 Å². The molecule has 2 rings (SSSR count). The second-order valence-corrected chi connectivity index (χ2v) is 6.16. The lowest BCUT2D eigenvalue weighted by atomic mass is 10.2. The highest BCUT2D eigenvalue weighted by Gasteiger charge is 2.31. The van der Waals surface area contributed by atoms with Crippen LogP contribution >= 0.6 is 11.3 Å². The van der Waals surface area contributed by atoms with E-state index in [9.17, 15) is 4.79 Å². The third-order valence-electron chi connectivity index (χ3n) is 3.91. The van der Waals surface area contributed by atoms with Gasteiger partial charge in [-0.15, -0.1) is 11.3 Å². The SMILES string of the molecule is CCOC(=O)CCc1csc(N2C(C)CCC2CC)n1. The van der Waals surface area contributed by atoms with Gasteiger partial charge in [0.05, 0.1) is 18.7 Å². The Labute approximate surface area is 125 Å². The van der Waals surface area contributed by atoms with Crippen LogP contribution < -0.4 is 4.90 Å². The summed E-state index contributed by atoms with van der Waals surface area (Å²) >= 11 is 1.70. The van der Waals surface area contributed by atoms with E-state index in [4.69, 9.17) is 9.72 Å². The maximum atomic E-state index is 11.4. The molecule has 1 aliphatic heterocycles. The summed E-state index contributed by atoms with van der Waals surface area (Å²) in [5.74, 6) is -0.136. The second kappa shape index (κ2) is 7.07. The minimum Gasteiger partial charge on any atom is -0.466 e. The number of thiazole rings is 1. The number of aromatic nitrogens is 1. The zero-order chi connectivity index (χ0) is 14.5. The first-order chi connectivity index (χ1) is 9.65. The number of esters is 1. The maximum Gasteiger partial charge on any atom is 0.306 e. The first-order valence-corrected chi connectivity index (χ1v) is 8.42. The summed E-state index contributed by atoms with van der Waals surface area (Å²) in [6.07, 6.45) is 4.77. The van der Waals surface area contributed by atoms with Crippen molar-refractivity contribution in [2.45, 2.75) is 65.0 Å². The van der Waals surface area contributed by atoms with E-state index in [1.807, 2.05) is 6.92 Å². The summed E-state index contributed by atoms with van der Waals surface area (Å²) in [4.78, 5) is 18.5. The van der Waals surface area contributed by atoms with Gasteiger partial charge in [-0.1, -0.05) is 6.92 Å². The predicted octanol–water partition coefficient (Wildman–Crippen LogP) is 3.41. The third-order valence-corrected chi connectivity index (χ3v) is 4.81. The Morgan fingerprint density at radius 2 is 2.30 bits per heavy atom. The van der Waals surface area contributed by atoms with E-state index >= 15 is 0 Å². The fraction of sp³-hybridized carbons (Fsp3) is 0.733. The summed E-state index contributed by atoms with van der Waals surface area (Å²) in [5.41, 5.74) is 1.01. The lowest BCUT2D eigenvalue weighted by Crippen LogP contribution is -2.33. The van der Waals surface area contributed by atoms with Crippen molar-refractivity contribution in [2.75, 3.05) is 11.5 Å². The number of hydrogen-bond donors (Lipinski definition) is 0. The minimum absolute atomic E-state index is 0.136. The van der Waals surface area contributed by atoms with Gasteiger partial charge in [-0.05, 0) is 33.1 Å². The normalized spacial score (nSPS) is 22.2. The molecule has 0 bridgehead atoms. The Hall–Kier alpha value is -1.10. The van der Waals surface area contributed by atoms with E-state index in [2.05, 4.69) is 24.1 Å². The molecule has 2 unspecified atom stereocenters. The molecule has 1 aliphatic rings. The molecule has 0 radical (unpaired) electrons. The zero-order valence-corrected chi connectivity index (χ0v) is 13.4. The molecule has 0 saturated carbocycles. The molecule has 4 nitrogen and oxygen atoms in total. The van der Waals surface area contributed by atoms with Crippen molar-refractivity contribution in [3.63, 3.8) is 0 Å². The first kappa shape index (κ1) is 15.3. The van der Waals surface area contributed by atoms with Crippen molar-refractivity contribution in [3.8, 4) is 0 Å². The number of carbonyl (C=O) groups is 1. The number of anilines is 1. The highest BCUT2D eigenvalue weighted by molar-refractivity contribution is 7.13. The molecule has 0 N–H and O–H groups in total. The van der Waals surface area contributed by atoms with Gasteiger partial charge in [0, 0.05) is 23.9 Å². The van der Waals surface area contributed by atoms with Gasteiger partial charge in [-0.2, -0.15) is 0 Å². The summed E-state index contributed by atoms with van der Waals surface area (Å²) in [5, 5.41) is 3.19. The van der Waals surface area contributed by atoms with E-state index in [-0.39, 0.29) is 5.97 Å². The highest BCUT2D eigenvalue weighted by Crippen LogP contribution is 2.34. The number of hydrogen-bond acceptors (Lipinski definition) is 5. The quantitative estimate of drug-likeness (QED) is 0.755. The molecule has 1 aromatic rings. The molecule has 20 heavy (non-hydrogen) atoms. The van der Waals surface area contributed by atoms with E-state index < -0.39 is 0 Å². The van der Waals surface area contributed by atoms with E-state index in [0.717, 1.165) is 10.8 Å². The third kappa shape index (κ3) is 3.51. The van der Waals surface area contributed by atoms with E-state index in [1.165, 1.54) is 19.3 Å². The van der Waals surface area contributed by atoms with Crippen LogP contribution in [-0.2, 0) is 16.0 Å². The van der Waals surface area contributed by atoms with Gasteiger partial charge in [-0.25, -0.2) is 4.98 Å². The summed E-state index contributed by atoms with van der Waals surface area (Å²) in [6, 6.07) is 1.19. The van der Waals surface area contributed by atoms with Crippen LogP contribution in [0.1, 0.15) is 52.1 Å². The minimum atomic E-state index is -0.136. The summed E-state index contributed by atoms with van der Waals surface area (Å²) in [7, 11) is 0. The Morgan fingerprint density at radius 1 is 1.50 bits per heavy atom. The Kier molecular flexibility index (Phi) is 5.40. The van der Waals surface area contributed by atoms with Gasteiger partial charge in [0.2, 0.25) is 0 Å². The standard InChI is InChI=1S/C15H24N2O2S/c1-4-13-8-6-11(3)17(13)15-16-12(10-20-15)7-9-14(18)19-5-2/h10-11,13H,4-9H2,1-3H3. The van der Waals surface area contributed by atoms with Gasteiger partial charge < -0.3 is 9.64 Å². The van der Waals surface area contributed by atoms with Crippen molar-refractivity contribution >= 4 is 22.4 Å². The number of rotatable bonds is 6. The fourth-order valence-corrected chi connectivity index (χ4v) is 3.84. The van der Waals surface area contributed by atoms with Crippen LogP contribution in [0.15, 0.2) is 5.38 Å². The molecule has 5 heteroatoms. The maximum absolute atomic E-state index is 11.4. The number of carbonyl (C=O) groups excluding carboxylic acids is 1. The van der Waals surface area contributed by atoms with Crippen LogP contribution in [0.5, 0.6) is 0 Å². The van der Waals surface area contributed by atoms with Crippen LogP contribution in [0.25, 0.3) is 0 Å². The first-order valence-electron chi connectivity index (χ1n) is 7.54. The van der Waals surface area contributed by atoms with Crippen LogP contribution in [0.3, 0.4) is 0 Å². The summed E-state index contributed by atoms with van der Waals surface area (Å²) in [6.45, 7) is 6.80. The molecular weight excluding hydrogens is 272 g/mol. The molecule has 0 aliphatic carbocycles. The van der Waals surface area contributed by atoms with Crippen molar-refractivity contribution in [1.82, 2.24) is 4.98 Å². The Morgan fingerprint density at radius 3 is 3.00 bits per heavy atom. The van der Waals surface area contributed by atoms with Gasteiger partial charge in [0.25, 0.3) is 0 Å². The van der Waals surface area contributed by atoms with Crippen LogP contribution in [-0.4, -0.2) is 29.6 Å². The lowest BCUT2D eigenvalue weighted by Gasteiger charge is -2.27. The van der Waals surface area contributed by atoms with E-state index in [0.29, 0.717) is 31.5 Å². The molecular formula is C15H24N2O2S. The van der Waals surface area contributed by atoms with Crippen LogP contribution in [0, 0.1) is 0 Å². The number of aryl methyl sites for hydroxylation is 1. The largest absolute Gasteiger partial charge is 0.466 e. The van der Waals surface area contributed by atoms with E-state index in [1.54, 1.807) is 11.3 Å². The zero-order valence-electron chi connectivity index (χ0n) is 12.6. The van der Waals surface area contributed by atoms with Gasteiger partial charge in [-0.3, -0.25) is 4.79 Å². The molecule has 1 fully saturated rings. The number of ether oxygens (including phenoxy) is 1. The Bertz CT molecular complexity index is 447. The van der Waals surface area contributed by atoms with Gasteiger partial charge >= 0.3 is 5.97 Å². The molecule has 0 spiro atoms. The fourth-order valence-electron chi connectivity index (χ4n) is 2.81. The lowest BCUT2D eigenvalue weighted by molar-refractivity contribution is -0.143. The average molecular weight is 296 g/mol. The Balaban J connectivity index is 1.96. The van der Waals surface area contributed by atoms with Crippen molar-refractivity contribution in [3.05, 3.63) is 11.1 Å². The van der Waals surface area contributed by atoms with Gasteiger partial charge in [0.1, 0.15) is 0 Å². The molecule has 1 aromatic heterocycles. The summed E-state index contributed by atoms with van der Waals surface area (Å²) < 4.78 is 4.95. The van der Waals surface area contributed by atoms with Crippen LogP contribution in [0.4, 0.5) is 5.13 Å². The smallest absolute Gasteiger partial charge is 0.306 e. The monoisotopic (exact) mass is 296 g/mol. The second-order valence-electron chi connectivity index (χ2n) is 5.32. The molecule has 2 heterocycles. The predicted molar refractivity (Wildman–Crippen MR) is 82.3 cm³/mol. The molecule has 1 saturated heterocycles. The topological polar surface area (TPSA) is 42.4 Å². The molecule has 0 aromatic carbocycles. The van der Waals surface area contributed by atoms with Crippen molar-refractivity contribution in [2.24, 2.45) is 0 Å². The molecule has 0 amide bonds. The van der Waals surface area contributed by atoms with Crippen molar-refractivity contribution in [1.29, 1.82) is 0 Å². The van der Waals surface area contributed by atoms with Crippen molar-refractivity contribution < 1.29 is 9.53 Å². The average Bonchev–Trinajstić information content (AvgIpc) is 3.02.